The highest BCUT2D eigenvalue weighted by Gasteiger charge is 2.24. The van der Waals surface area contributed by atoms with Crippen molar-refractivity contribution in [1.82, 2.24) is 5.32 Å². The zero-order valence-corrected chi connectivity index (χ0v) is 14.5. The summed E-state index contributed by atoms with van der Waals surface area (Å²) >= 11 is 0. The molecule has 1 fully saturated rings. The van der Waals surface area contributed by atoms with Crippen molar-refractivity contribution in [3.05, 3.63) is 24.3 Å². The number of sulfone groups is 1. The number of anilines is 1. The van der Waals surface area contributed by atoms with E-state index in [1.165, 1.54) is 24.3 Å². The molecule has 0 saturated carbocycles. The van der Waals surface area contributed by atoms with Crippen LogP contribution in [-0.4, -0.2) is 50.5 Å². The Labute approximate surface area is 146 Å². The Balaban J connectivity index is 1.84. The van der Waals surface area contributed by atoms with Gasteiger partial charge in [-0.2, -0.15) is 0 Å². The van der Waals surface area contributed by atoms with Crippen LogP contribution in [0, 0.1) is 0 Å². The molecule has 2 rings (SSSR count). The summed E-state index contributed by atoms with van der Waals surface area (Å²) in [5.74, 6) is -0.953. The molecule has 9 heteroatoms. The fourth-order valence-corrected chi connectivity index (χ4v) is 3.97. The summed E-state index contributed by atoms with van der Waals surface area (Å²) in [6.07, 6.45) is 1.70. The highest BCUT2D eigenvalue weighted by Crippen LogP contribution is 2.20. The van der Waals surface area contributed by atoms with Gasteiger partial charge in [0, 0.05) is 25.3 Å². The summed E-state index contributed by atoms with van der Waals surface area (Å²) in [4.78, 5) is 22.2. The number of hydrogen-bond donors (Lipinski definition) is 3. The van der Waals surface area contributed by atoms with Crippen molar-refractivity contribution in [2.24, 2.45) is 0 Å². The van der Waals surface area contributed by atoms with Gasteiger partial charge in [0.15, 0.2) is 9.84 Å². The zero-order valence-electron chi connectivity index (χ0n) is 13.7. The van der Waals surface area contributed by atoms with Gasteiger partial charge in [0.2, 0.25) is 0 Å². The molecule has 25 heavy (non-hydrogen) atoms. The lowest BCUT2D eigenvalue weighted by Crippen LogP contribution is -2.29. The minimum absolute atomic E-state index is 0.0163. The first-order chi connectivity index (χ1) is 11.9. The van der Waals surface area contributed by atoms with Crippen LogP contribution >= 0.6 is 0 Å². The van der Waals surface area contributed by atoms with E-state index in [0.29, 0.717) is 18.7 Å². The number of nitrogens with one attached hydrogen (secondary N) is 2. The number of hydrogen-bond acceptors (Lipinski definition) is 5. The molecule has 0 radical (unpaired) electrons. The van der Waals surface area contributed by atoms with Crippen molar-refractivity contribution in [3.8, 4) is 0 Å². The van der Waals surface area contributed by atoms with Crippen LogP contribution in [-0.2, 0) is 19.4 Å². The number of benzene rings is 1. The molecular weight excluding hydrogens is 348 g/mol. The number of rotatable bonds is 8. The summed E-state index contributed by atoms with van der Waals surface area (Å²) in [5.41, 5.74) is 0.451. The first-order valence-electron chi connectivity index (χ1n) is 8.08. The lowest BCUT2D eigenvalue weighted by molar-refractivity contribution is -0.137. The first kappa shape index (κ1) is 19.2. The Morgan fingerprint density at radius 3 is 2.56 bits per heavy atom. The number of ether oxygens (including phenoxy) is 1. The molecule has 3 N–H and O–H groups in total. The monoisotopic (exact) mass is 370 g/mol. The third-order valence-corrected chi connectivity index (χ3v) is 5.55. The Kier molecular flexibility index (Phi) is 6.77. The fraction of sp³-hybridized carbons (Fsp3) is 0.500. The van der Waals surface area contributed by atoms with Crippen molar-refractivity contribution in [2.45, 2.75) is 36.7 Å². The smallest absolute Gasteiger partial charge is 0.319 e. The maximum absolute atomic E-state index is 12.3. The quantitative estimate of drug-likeness (QED) is 0.598. The van der Waals surface area contributed by atoms with Crippen molar-refractivity contribution in [1.29, 1.82) is 0 Å². The van der Waals surface area contributed by atoms with Gasteiger partial charge in [-0.3, -0.25) is 4.79 Å². The Hall–Kier alpha value is -2.13. The highest BCUT2D eigenvalue weighted by molar-refractivity contribution is 7.91. The molecular formula is C16H22N2O6S. The van der Waals surface area contributed by atoms with Crippen LogP contribution in [0.4, 0.5) is 10.5 Å². The Bertz CT molecular complexity index is 696. The third kappa shape index (κ3) is 6.35. The van der Waals surface area contributed by atoms with Crippen LogP contribution in [0.15, 0.2) is 29.2 Å². The average Bonchev–Trinajstić information content (AvgIpc) is 3.04. The molecule has 1 aliphatic heterocycles. The zero-order chi connectivity index (χ0) is 18.3. The summed E-state index contributed by atoms with van der Waals surface area (Å²) in [5, 5.41) is 13.6. The number of urea groups is 1. The second kappa shape index (κ2) is 8.82. The lowest BCUT2D eigenvalue weighted by atomic mass is 10.3. The normalized spacial score (nSPS) is 17.2. The number of carboxylic acid groups (broad SMARTS) is 1. The number of aliphatic carboxylic acids is 1. The van der Waals surface area contributed by atoms with Crippen LogP contribution in [0.3, 0.4) is 0 Å². The number of amides is 2. The number of carbonyl (C=O) groups is 2. The largest absolute Gasteiger partial charge is 0.481 e. The van der Waals surface area contributed by atoms with Crippen LogP contribution in [0.2, 0.25) is 0 Å². The number of carbonyl (C=O) groups excluding carboxylic acids is 1. The highest BCUT2D eigenvalue weighted by atomic mass is 32.2. The molecule has 1 heterocycles. The minimum atomic E-state index is -3.42. The van der Waals surface area contributed by atoms with E-state index in [1.807, 2.05) is 0 Å². The van der Waals surface area contributed by atoms with E-state index in [1.54, 1.807) is 0 Å². The Morgan fingerprint density at radius 2 is 1.96 bits per heavy atom. The third-order valence-electron chi connectivity index (χ3n) is 3.75. The molecule has 0 bridgehead atoms. The van der Waals surface area contributed by atoms with Gasteiger partial charge in [-0.1, -0.05) is 0 Å². The van der Waals surface area contributed by atoms with E-state index in [0.717, 1.165) is 12.8 Å². The van der Waals surface area contributed by atoms with Gasteiger partial charge in [0.1, 0.15) is 0 Å². The molecule has 1 aromatic carbocycles. The maximum Gasteiger partial charge on any atom is 0.319 e. The Morgan fingerprint density at radius 1 is 1.24 bits per heavy atom. The van der Waals surface area contributed by atoms with E-state index >= 15 is 0 Å². The molecule has 1 aromatic rings. The van der Waals surface area contributed by atoms with Gasteiger partial charge in [-0.15, -0.1) is 0 Å². The van der Waals surface area contributed by atoms with Gasteiger partial charge in [-0.25, -0.2) is 13.2 Å². The second-order valence-electron chi connectivity index (χ2n) is 5.82. The van der Waals surface area contributed by atoms with Gasteiger partial charge in [-0.05, 0) is 43.5 Å². The van der Waals surface area contributed by atoms with Crippen LogP contribution in [0.5, 0.6) is 0 Å². The maximum atomic E-state index is 12.3. The summed E-state index contributed by atoms with van der Waals surface area (Å²) in [7, 11) is -3.42. The fourth-order valence-electron chi connectivity index (χ4n) is 2.48. The van der Waals surface area contributed by atoms with E-state index in [4.69, 9.17) is 9.84 Å². The summed E-state index contributed by atoms with van der Waals surface area (Å²) < 4.78 is 30.0. The van der Waals surface area contributed by atoms with E-state index in [2.05, 4.69) is 10.6 Å². The average molecular weight is 370 g/mol. The van der Waals surface area contributed by atoms with Crippen molar-refractivity contribution >= 4 is 27.5 Å². The molecule has 1 aliphatic rings. The van der Waals surface area contributed by atoms with Crippen molar-refractivity contribution in [3.63, 3.8) is 0 Å². The molecule has 1 saturated heterocycles. The van der Waals surface area contributed by atoms with Crippen LogP contribution in [0.1, 0.15) is 25.7 Å². The second-order valence-corrected chi connectivity index (χ2v) is 7.85. The predicted molar refractivity (Wildman–Crippen MR) is 91.4 cm³/mol. The summed E-state index contributed by atoms with van der Waals surface area (Å²) in [6, 6.07) is 5.45. The SMILES string of the molecule is O=C(O)CCCNC(=O)Nc1ccc(S(=O)(=O)CC2CCCO2)cc1. The molecule has 0 aromatic heterocycles. The number of carboxylic acids is 1. The minimum Gasteiger partial charge on any atom is -0.481 e. The topological polar surface area (TPSA) is 122 Å². The molecule has 2 amide bonds. The molecule has 1 atom stereocenters. The van der Waals surface area contributed by atoms with Gasteiger partial charge >= 0.3 is 12.0 Å². The van der Waals surface area contributed by atoms with Gasteiger partial charge < -0.3 is 20.5 Å². The van der Waals surface area contributed by atoms with Crippen molar-refractivity contribution < 1.29 is 27.9 Å². The summed E-state index contributed by atoms with van der Waals surface area (Å²) in [6.45, 7) is 0.844. The first-order valence-corrected chi connectivity index (χ1v) is 9.73. The molecule has 8 nitrogen and oxygen atoms in total. The molecule has 0 spiro atoms. The standard InChI is InChI=1S/C16H22N2O6S/c19-15(20)4-1-9-17-16(21)18-12-5-7-14(8-6-12)25(22,23)11-13-3-2-10-24-13/h5-8,13H,1-4,9-11H2,(H,19,20)(H2,17,18,21). The molecule has 0 aliphatic carbocycles. The van der Waals surface area contributed by atoms with Gasteiger partial charge in [0.05, 0.1) is 16.8 Å². The van der Waals surface area contributed by atoms with E-state index in [9.17, 15) is 18.0 Å². The van der Waals surface area contributed by atoms with E-state index < -0.39 is 21.8 Å². The van der Waals surface area contributed by atoms with Crippen LogP contribution in [0.25, 0.3) is 0 Å². The van der Waals surface area contributed by atoms with Crippen LogP contribution < -0.4 is 10.6 Å². The van der Waals surface area contributed by atoms with Crippen molar-refractivity contribution in [2.75, 3.05) is 24.2 Å². The van der Waals surface area contributed by atoms with E-state index in [-0.39, 0.29) is 29.7 Å². The predicted octanol–water partition coefficient (Wildman–Crippen LogP) is 1.63. The van der Waals surface area contributed by atoms with Gasteiger partial charge in [0.25, 0.3) is 0 Å². The molecule has 1 unspecified atom stereocenters. The lowest BCUT2D eigenvalue weighted by Gasteiger charge is -2.11. The molecule has 138 valence electrons.